The van der Waals surface area contributed by atoms with Gasteiger partial charge in [0.25, 0.3) is 0 Å². The number of fused-ring (bicyclic) bond motifs is 7. The van der Waals surface area contributed by atoms with E-state index in [-0.39, 0.29) is 6.04 Å². The van der Waals surface area contributed by atoms with E-state index in [1.54, 1.807) is 5.57 Å². The molecule has 4 aromatic carbocycles. The highest BCUT2D eigenvalue weighted by molar-refractivity contribution is 5.89. The highest BCUT2D eigenvalue weighted by Gasteiger charge is 2.44. The van der Waals surface area contributed by atoms with Crippen LogP contribution in [0.1, 0.15) is 84.6 Å². The summed E-state index contributed by atoms with van der Waals surface area (Å²) >= 11 is 0. The number of hydrogen-bond donors (Lipinski definition) is 0. The fourth-order valence-corrected chi connectivity index (χ4v) is 10.1. The van der Waals surface area contributed by atoms with Gasteiger partial charge in [0.1, 0.15) is 0 Å². The van der Waals surface area contributed by atoms with Gasteiger partial charge >= 0.3 is 0 Å². The molecule has 0 amide bonds. The predicted octanol–water partition coefficient (Wildman–Crippen LogP) is 12.7. The average Bonchev–Trinajstić information content (AvgIpc) is 3.43. The molecule has 1 aliphatic heterocycles. The zero-order valence-corrected chi connectivity index (χ0v) is 28.8. The van der Waals surface area contributed by atoms with Crippen LogP contribution in [0.3, 0.4) is 0 Å². The third-order valence-electron chi connectivity index (χ3n) is 12.5. The van der Waals surface area contributed by atoms with E-state index in [2.05, 4.69) is 151 Å². The van der Waals surface area contributed by atoms with E-state index >= 15 is 0 Å². The summed E-state index contributed by atoms with van der Waals surface area (Å²) in [6.07, 6.45) is 31.7. The molecule has 246 valence electrons. The lowest BCUT2D eigenvalue weighted by Gasteiger charge is -2.33. The van der Waals surface area contributed by atoms with Gasteiger partial charge in [-0.15, -0.1) is 0 Å². The second kappa shape index (κ2) is 12.5. The Kier molecular flexibility index (Phi) is 7.48. The molecule has 0 bridgehead atoms. The monoisotopic (exact) mass is 647 g/mol. The SMILES string of the molecule is C1=CC(C2C=CC([C@H]3CCC4=C(c5ccccc53)C3c5ccccc5N(c5cccc(-c6ccc7c(c6)CCC=C7)c5)C3C=C4)=CC2)CCC1. The largest absolute Gasteiger partial charge is 0.333 e. The van der Waals surface area contributed by atoms with E-state index in [9.17, 15) is 0 Å². The van der Waals surface area contributed by atoms with Gasteiger partial charge < -0.3 is 4.90 Å². The predicted molar refractivity (Wildman–Crippen MR) is 211 cm³/mol. The van der Waals surface area contributed by atoms with Gasteiger partial charge in [0.15, 0.2) is 0 Å². The van der Waals surface area contributed by atoms with Crippen LogP contribution < -0.4 is 4.90 Å². The molecule has 4 aromatic rings. The van der Waals surface area contributed by atoms with Gasteiger partial charge in [-0.3, -0.25) is 0 Å². The van der Waals surface area contributed by atoms with E-state index in [4.69, 9.17) is 0 Å². The first-order valence-corrected chi connectivity index (χ1v) is 19.1. The van der Waals surface area contributed by atoms with Crippen molar-refractivity contribution in [3.8, 4) is 11.1 Å². The fraction of sp³-hybridized carbons (Fsp3) is 0.265. The number of aryl methyl sites for hydroxylation is 1. The molecule has 0 N–H and O–H groups in total. The van der Waals surface area contributed by atoms with E-state index in [1.165, 1.54) is 87.1 Å². The van der Waals surface area contributed by atoms with Gasteiger partial charge in [-0.25, -0.2) is 0 Å². The van der Waals surface area contributed by atoms with Gasteiger partial charge in [-0.05, 0) is 137 Å². The Balaban J connectivity index is 1.01. The molecule has 6 aliphatic rings. The molecule has 0 fully saturated rings. The van der Waals surface area contributed by atoms with E-state index in [0.717, 1.165) is 25.7 Å². The molecule has 0 aromatic heterocycles. The molecule has 0 saturated heterocycles. The second-order valence-corrected chi connectivity index (χ2v) is 15.3. The van der Waals surface area contributed by atoms with Crippen LogP contribution in [-0.2, 0) is 6.42 Å². The van der Waals surface area contributed by atoms with Crippen LogP contribution in [0, 0.1) is 11.8 Å². The zero-order chi connectivity index (χ0) is 33.0. The van der Waals surface area contributed by atoms with Crippen LogP contribution in [0.15, 0.2) is 151 Å². The van der Waals surface area contributed by atoms with Crippen molar-refractivity contribution >= 4 is 23.0 Å². The van der Waals surface area contributed by atoms with Crippen LogP contribution in [0.2, 0.25) is 0 Å². The lowest BCUT2D eigenvalue weighted by molar-refractivity contribution is 0.419. The minimum absolute atomic E-state index is 0.234. The standard InChI is InChI=1S/C49H45N/c1-2-11-33(12-3-1)35-21-24-36(25-22-35)42-29-27-37-28-30-47-49(48(37)44-18-7-6-17-43(42)44)45-19-8-9-20-46(45)50(47)41-16-10-15-39(32-41)40-26-23-34-13-4-5-14-38(34)31-40/h2,4,6-11,13,15-21,23-26,28,30-33,35,42,47,49H,1,3,5,12,14,22,27,29H2/t33?,35?,42-,47?,49?/m1/s1. The second-order valence-electron chi connectivity index (χ2n) is 15.3. The fourth-order valence-electron chi connectivity index (χ4n) is 10.1. The van der Waals surface area contributed by atoms with Crippen LogP contribution in [-0.4, -0.2) is 6.04 Å². The topological polar surface area (TPSA) is 3.24 Å². The summed E-state index contributed by atoms with van der Waals surface area (Å²) in [5.41, 5.74) is 17.1. The Morgan fingerprint density at radius 2 is 1.54 bits per heavy atom. The van der Waals surface area contributed by atoms with Crippen molar-refractivity contribution in [2.24, 2.45) is 11.8 Å². The number of benzene rings is 4. The van der Waals surface area contributed by atoms with Gasteiger partial charge in [0.2, 0.25) is 0 Å². The zero-order valence-electron chi connectivity index (χ0n) is 28.8. The Morgan fingerprint density at radius 3 is 2.44 bits per heavy atom. The lowest BCUT2D eigenvalue weighted by Crippen LogP contribution is -2.30. The summed E-state index contributed by atoms with van der Waals surface area (Å²) in [4.78, 5) is 2.63. The van der Waals surface area contributed by atoms with E-state index in [0.29, 0.717) is 23.7 Å². The van der Waals surface area contributed by atoms with Crippen molar-refractivity contribution in [2.45, 2.75) is 69.2 Å². The van der Waals surface area contributed by atoms with Crippen molar-refractivity contribution < 1.29 is 0 Å². The molecule has 50 heavy (non-hydrogen) atoms. The summed E-state index contributed by atoms with van der Waals surface area (Å²) in [6, 6.07) is 35.1. The first-order valence-electron chi connectivity index (χ1n) is 19.1. The summed E-state index contributed by atoms with van der Waals surface area (Å²) in [7, 11) is 0. The Hall–Kier alpha value is -4.88. The highest BCUT2D eigenvalue weighted by atomic mass is 15.2. The van der Waals surface area contributed by atoms with Gasteiger partial charge in [-0.2, -0.15) is 0 Å². The van der Waals surface area contributed by atoms with Crippen molar-refractivity contribution in [3.05, 3.63) is 179 Å². The smallest absolute Gasteiger partial charge is 0.0635 e. The molecule has 1 heteroatoms. The van der Waals surface area contributed by atoms with Crippen molar-refractivity contribution in [2.75, 3.05) is 4.90 Å². The first kappa shape index (κ1) is 30.0. The highest BCUT2D eigenvalue weighted by Crippen LogP contribution is 2.57. The number of anilines is 2. The van der Waals surface area contributed by atoms with Crippen LogP contribution in [0.25, 0.3) is 22.8 Å². The summed E-state index contributed by atoms with van der Waals surface area (Å²) < 4.78 is 0. The normalized spacial score (nSPS) is 26.0. The molecule has 0 saturated carbocycles. The summed E-state index contributed by atoms with van der Waals surface area (Å²) in [5.74, 6) is 2.08. The average molecular weight is 648 g/mol. The number of para-hydroxylation sites is 1. The Labute approximate surface area is 297 Å². The number of nitrogens with zero attached hydrogens (tertiary/aromatic N) is 1. The first-order chi connectivity index (χ1) is 24.8. The van der Waals surface area contributed by atoms with Crippen molar-refractivity contribution in [1.29, 1.82) is 0 Å². The van der Waals surface area contributed by atoms with E-state index < -0.39 is 0 Å². The van der Waals surface area contributed by atoms with Crippen molar-refractivity contribution in [1.82, 2.24) is 0 Å². The minimum Gasteiger partial charge on any atom is -0.333 e. The number of allylic oxidation sites excluding steroid dienone is 9. The van der Waals surface area contributed by atoms with Crippen LogP contribution >= 0.6 is 0 Å². The molecule has 0 radical (unpaired) electrons. The quantitative estimate of drug-likeness (QED) is 0.199. The molecule has 1 heterocycles. The molecule has 5 atom stereocenters. The maximum absolute atomic E-state index is 2.63. The van der Waals surface area contributed by atoms with Gasteiger partial charge in [0.05, 0.1) is 6.04 Å². The van der Waals surface area contributed by atoms with E-state index in [1.807, 2.05) is 0 Å². The molecular formula is C49H45N. The Morgan fingerprint density at radius 1 is 0.640 bits per heavy atom. The summed E-state index contributed by atoms with van der Waals surface area (Å²) in [6.45, 7) is 0. The Bertz CT molecular complexity index is 2170. The molecule has 4 unspecified atom stereocenters. The maximum atomic E-state index is 2.63. The van der Waals surface area contributed by atoms with Crippen molar-refractivity contribution in [3.63, 3.8) is 0 Å². The summed E-state index contributed by atoms with van der Waals surface area (Å²) in [5, 5.41) is 0. The maximum Gasteiger partial charge on any atom is 0.0635 e. The van der Waals surface area contributed by atoms with Crippen LogP contribution in [0.5, 0.6) is 0 Å². The van der Waals surface area contributed by atoms with Gasteiger partial charge in [0, 0.05) is 23.2 Å². The molecule has 0 spiro atoms. The third-order valence-corrected chi connectivity index (χ3v) is 12.5. The number of rotatable bonds is 4. The lowest BCUT2D eigenvalue weighted by atomic mass is 9.75. The molecule has 5 aliphatic carbocycles. The molecule has 10 rings (SSSR count). The third kappa shape index (κ3) is 5.05. The number of hydrogen-bond acceptors (Lipinski definition) is 1. The van der Waals surface area contributed by atoms with Gasteiger partial charge in [-0.1, -0.05) is 127 Å². The minimum atomic E-state index is 0.234. The molecule has 1 nitrogen and oxygen atoms in total. The molecular weight excluding hydrogens is 603 g/mol. The van der Waals surface area contributed by atoms with Crippen LogP contribution in [0.4, 0.5) is 11.4 Å².